The van der Waals surface area contributed by atoms with Crippen molar-refractivity contribution in [2.75, 3.05) is 0 Å². The largest absolute Gasteiger partial charge is 0.456 e. The van der Waals surface area contributed by atoms with Gasteiger partial charge >= 0.3 is 0 Å². The fraction of sp³-hybridized carbons (Fsp3) is 0.355. The van der Waals surface area contributed by atoms with Crippen molar-refractivity contribution in [1.29, 1.82) is 0 Å². The summed E-state index contributed by atoms with van der Waals surface area (Å²) in [5.74, 6) is 0.403. The lowest BCUT2D eigenvalue weighted by Crippen LogP contribution is -2.32. The molecule has 2 aromatic heterocycles. The lowest BCUT2D eigenvalue weighted by Gasteiger charge is -2.22. The van der Waals surface area contributed by atoms with Gasteiger partial charge in [0.25, 0.3) is 11.5 Å². The van der Waals surface area contributed by atoms with Gasteiger partial charge in [-0.3, -0.25) is 9.59 Å². The van der Waals surface area contributed by atoms with Crippen molar-refractivity contribution in [3.63, 3.8) is 0 Å². The van der Waals surface area contributed by atoms with E-state index in [1.807, 2.05) is 6.07 Å². The Kier molecular flexibility index (Phi) is 6.84. The second-order valence-corrected chi connectivity index (χ2v) is 11.1. The first kappa shape index (κ1) is 26.7. The maximum atomic E-state index is 14.0. The molecule has 5 rings (SSSR count). The molecule has 0 bridgehead atoms. The van der Waals surface area contributed by atoms with E-state index in [0.29, 0.717) is 55.9 Å². The number of fused-ring (bicyclic) bond motifs is 1. The first-order chi connectivity index (χ1) is 18.4. The van der Waals surface area contributed by atoms with Gasteiger partial charge in [0.15, 0.2) is 0 Å². The highest BCUT2D eigenvalue weighted by Crippen LogP contribution is 2.40. The molecule has 1 amide bonds. The molecule has 1 aliphatic rings. The summed E-state index contributed by atoms with van der Waals surface area (Å²) >= 11 is 0. The first-order valence-corrected chi connectivity index (χ1v) is 13.3. The number of aryl methyl sites for hydroxylation is 3. The Morgan fingerprint density at radius 3 is 2.41 bits per heavy atom. The molecule has 1 aliphatic carbocycles. The van der Waals surface area contributed by atoms with Crippen molar-refractivity contribution in [1.82, 2.24) is 14.9 Å². The smallest absolute Gasteiger partial charge is 0.267 e. The van der Waals surface area contributed by atoms with E-state index in [9.17, 15) is 19.1 Å². The average molecular weight is 532 g/mol. The summed E-state index contributed by atoms with van der Waals surface area (Å²) < 4.78 is 21.8. The number of carbonyl (C=O) groups is 1. The van der Waals surface area contributed by atoms with Gasteiger partial charge < -0.3 is 24.7 Å². The Bertz CT molecular complexity index is 1620. The molecule has 2 aromatic carbocycles. The van der Waals surface area contributed by atoms with Gasteiger partial charge in [-0.2, -0.15) is 0 Å². The minimum absolute atomic E-state index is 0.136. The van der Waals surface area contributed by atoms with Crippen LogP contribution in [0, 0.1) is 19.7 Å². The molecule has 4 aromatic rings. The molecule has 0 saturated heterocycles. The Morgan fingerprint density at radius 1 is 1.10 bits per heavy atom. The first-order valence-electron chi connectivity index (χ1n) is 13.3. The van der Waals surface area contributed by atoms with Crippen molar-refractivity contribution < 1.29 is 19.0 Å². The highest BCUT2D eigenvalue weighted by molar-refractivity contribution is 6.02. The summed E-state index contributed by atoms with van der Waals surface area (Å²) in [6, 6.07) is 9.93. The van der Waals surface area contributed by atoms with Crippen molar-refractivity contribution in [3.8, 4) is 22.6 Å². The number of aliphatic hydroxyl groups is 1. The van der Waals surface area contributed by atoms with Gasteiger partial charge in [-0.1, -0.05) is 18.9 Å². The number of hydrogen-bond acceptors (Lipinski definition) is 4. The minimum Gasteiger partial charge on any atom is -0.456 e. The summed E-state index contributed by atoms with van der Waals surface area (Å²) in [4.78, 5) is 29.4. The quantitative estimate of drug-likeness (QED) is 0.285. The summed E-state index contributed by atoms with van der Waals surface area (Å²) in [6.07, 6.45) is 5.78. The number of H-pyrrole nitrogens is 1. The van der Waals surface area contributed by atoms with E-state index in [-0.39, 0.29) is 23.3 Å². The fourth-order valence-corrected chi connectivity index (χ4v) is 5.38. The van der Waals surface area contributed by atoms with E-state index in [4.69, 9.17) is 4.74 Å². The van der Waals surface area contributed by atoms with Crippen LogP contribution in [0.1, 0.15) is 66.7 Å². The van der Waals surface area contributed by atoms with Crippen LogP contribution in [-0.2, 0) is 12.6 Å². The van der Waals surface area contributed by atoms with Crippen LogP contribution in [0.2, 0.25) is 0 Å². The summed E-state index contributed by atoms with van der Waals surface area (Å²) in [7, 11) is 1.66. The normalized spacial score (nSPS) is 14.2. The average Bonchev–Trinajstić information content (AvgIpc) is 3.53. The maximum absolute atomic E-state index is 14.0. The highest BCUT2D eigenvalue weighted by atomic mass is 19.1. The number of carbonyl (C=O) groups excluding carboxylic acids is 1. The molecule has 1 fully saturated rings. The van der Waals surface area contributed by atoms with Gasteiger partial charge in [0.2, 0.25) is 0 Å². The van der Waals surface area contributed by atoms with E-state index in [1.165, 1.54) is 16.7 Å². The lowest BCUT2D eigenvalue weighted by molar-refractivity contribution is 0.0786. The van der Waals surface area contributed by atoms with Gasteiger partial charge in [0.05, 0.1) is 16.5 Å². The zero-order valence-corrected chi connectivity index (χ0v) is 22.9. The second kappa shape index (κ2) is 10.0. The van der Waals surface area contributed by atoms with Crippen LogP contribution >= 0.6 is 0 Å². The molecule has 7 nitrogen and oxygen atoms in total. The number of rotatable bonds is 6. The number of pyridine rings is 1. The van der Waals surface area contributed by atoms with Gasteiger partial charge in [0.1, 0.15) is 23.0 Å². The number of ether oxygens (including phenoxy) is 1. The fourth-order valence-electron chi connectivity index (χ4n) is 5.38. The number of nitrogens with one attached hydrogen (secondary N) is 2. The van der Waals surface area contributed by atoms with E-state index in [2.05, 4.69) is 10.3 Å². The van der Waals surface area contributed by atoms with Crippen molar-refractivity contribution in [2.24, 2.45) is 7.05 Å². The number of amides is 1. The van der Waals surface area contributed by atoms with Crippen molar-refractivity contribution in [2.45, 2.75) is 65.0 Å². The molecule has 3 N–H and O–H groups in total. The van der Waals surface area contributed by atoms with Crippen LogP contribution in [-0.4, -0.2) is 26.6 Å². The number of halogens is 1. The summed E-state index contributed by atoms with van der Waals surface area (Å²) in [5, 5.41) is 14.2. The molecule has 39 heavy (non-hydrogen) atoms. The molecule has 204 valence electrons. The molecule has 0 aliphatic heterocycles. The Hall–Kier alpha value is -3.91. The zero-order valence-electron chi connectivity index (χ0n) is 22.9. The molecule has 2 heterocycles. The molecule has 1 saturated carbocycles. The number of benzene rings is 2. The zero-order chi connectivity index (χ0) is 28.1. The molecule has 0 atom stereocenters. The minimum atomic E-state index is -1.14. The predicted octanol–water partition coefficient (Wildman–Crippen LogP) is 5.98. The van der Waals surface area contributed by atoms with Crippen LogP contribution in [0.15, 0.2) is 47.4 Å². The van der Waals surface area contributed by atoms with Crippen LogP contribution in [0.25, 0.3) is 22.0 Å². The van der Waals surface area contributed by atoms with Crippen molar-refractivity contribution >= 4 is 16.8 Å². The topological polar surface area (TPSA) is 96.3 Å². The van der Waals surface area contributed by atoms with Gasteiger partial charge in [-0.15, -0.1) is 0 Å². The Balaban J connectivity index is 1.68. The monoisotopic (exact) mass is 531 g/mol. The second-order valence-electron chi connectivity index (χ2n) is 11.1. The predicted molar refractivity (Wildman–Crippen MR) is 150 cm³/mol. The van der Waals surface area contributed by atoms with Crippen LogP contribution in [0.3, 0.4) is 0 Å². The van der Waals surface area contributed by atoms with Crippen LogP contribution in [0.4, 0.5) is 4.39 Å². The van der Waals surface area contributed by atoms with Crippen molar-refractivity contribution in [3.05, 3.63) is 81.2 Å². The summed E-state index contributed by atoms with van der Waals surface area (Å²) in [5.41, 5.74) is 2.60. The molecular formula is C31H34FN3O4. The number of aromatic nitrogens is 2. The SMILES string of the molecule is Cc1cc(F)cc(C)c1Oc1ccc(C(C)(C)O)cc1-c1cn(C)c(=O)c2cc(C(=O)NC3CCCC3)[nH]c12. The van der Waals surface area contributed by atoms with Crippen LogP contribution < -0.4 is 15.6 Å². The van der Waals surface area contributed by atoms with Gasteiger partial charge in [-0.05, 0) is 87.6 Å². The number of hydrogen-bond donors (Lipinski definition) is 3. The molecule has 0 unspecified atom stereocenters. The van der Waals surface area contributed by atoms with E-state index >= 15 is 0 Å². The van der Waals surface area contributed by atoms with Crippen LogP contribution in [0.5, 0.6) is 11.5 Å². The van der Waals surface area contributed by atoms with E-state index in [1.54, 1.807) is 59.1 Å². The summed E-state index contributed by atoms with van der Waals surface area (Å²) in [6.45, 7) is 6.94. The van der Waals surface area contributed by atoms with E-state index in [0.717, 1.165) is 25.7 Å². The Morgan fingerprint density at radius 2 is 1.77 bits per heavy atom. The highest BCUT2D eigenvalue weighted by Gasteiger charge is 2.24. The third-order valence-electron chi connectivity index (χ3n) is 7.51. The Labute approximate surface area is 226 Å². The van der Waals surface area contributed by atoms with Gasteiger partial charge in [-0.25, -0.2) is 4.39 Å². The third kappa shape index (κ3) is 5.21. The van der Waals surface area contributed by atoms with Gasteiger partial charge in [0, 0.05) is 30.4 Å². The molecule has 0 spiro atoms. The third-order valence-corrected chi connectivity index (χ3v) is 7.51. The lowest BCUT2D eigenvalue weighted by atomic mass is 9.93. The molecule has 8 heteroatoms. The maximum Gasteiger partial charge on any atom is 0.267 e. The van der Waals surface area contributed by atoms with E-state index < -0.39 is 5.60 Å². The number of nitrogens with zero attached hydrogens (tertiary/aromatic N) is 1. The molecule has 0 radical (unpaired) electrons. The standard InChI is InChI=1S/C31H34FN3O4/c1-17-12-20(32)13-18(2)28(17)39-26-11-10-19(31(3,4)38)14-22(26)24-16-35(5)30(37)23-15-25(34-27(23)24)29(36)33-21-8-6-7-9-21/h10-16,21,34,38H,6-9H2,1-5H3,(H,33,36). The number of aromatic amines is 1. The molecular weight excluding hydrogens is 497 g/mol.